The molecule has 9 nitrogen and oxygen atoms in total. The summed E-state index contributed by atoms with van der Waals surface area (Å²) in [7, 11) is 2.59. The van der Waals surface area contributed by atoms with Gasteiger partial charge in [0, 0.05) is 11.6 Å². The number of nitro benzene ring substituents is 1. The fraction of sp³-hybridized carbons (Fsp3) is 0.118. The number of carboxylic acids is 1. The number of aromatic carboxylic acids is 1. The highest BCUT2D eigenvalue weighted by Gasteiger charge is 2.41. The average Bonchev–Trinajstić information content (AvgIpc) is 2.63. The van der Waals surface area contributed by atoms with E-state index in [2.05, 4.69) is 0 Å². The Bertz CT molecular complexity index is 1010. The van der Waals surface area contributed by atoms with Crippen LogP contribution in [0.4, 0.5) is 5.69 Å². The summed E-state index contributed by atoms with van der Waals surface area (Å²) < 4.78 is 10.3. The smallest absolute Gasteiger partial charge is 0.336 e. The number of ether oxygens (including phenoxy) is 2. The molecule has 1 aliphatic rings. The van der Waals surface area contributed by atoms with Crippen molar-refractivity contribution in [3.8, 4) is 11.5 Å². The second kappa shape index (κ2) is 5.96. The van der Waals surface area contributed by atoms with Crippen molar-refractivity contribution < 1.29 is 33.9 Å². The van der Waals surface area contributed by atoms with Gasteiger partial charge in [-0.1, -0.05) is 0 Å². The van der Waals surface area contributed by atoms with E-state index >= 15 is 0 Å². The maximum absolute atomic E-state index is 13.0. The third kappa shape index (κ3) is 2.21. The van der Waals surface area contributed by atoms with Crippen LogP contribution in [-0.2, 0) is 0 Å². The Morgan fingerprint density at radius 2 is 1.69 bits per heavy atom. The number of hydrogen-bond donors (Lipinski definition) is 1. The van der Waals surface area contributed by atoms with Gasteiger partial charge in [0.15, 0.2) is 17.3 Å². The normalized spacial score (nSPS) is 12.2. The van der Waals surface area contributed by atoms with Crippen LogP contribution < -0.4 is 9.47 Å². The van der Waals surface area contributed by atoms with Crippen LogP contribution >= 0.6 is 0 Å². The molecule has 132 valence electrons. The van der Waals surface area contributed by atoms with E-state index in [9.17, 15) is 29.6 Å². The molecule has 0 aliphatic heterocycles. The van der Waals surface area contributed by atoms with Crippen molar-refractivity contribution in [3.63, 3.8) is 0 Å². The van der Waals surface area contributed by atoms with Gasteiger partial charge in [0.25, 0.3) is 5.69 Å². The number of fused-ring (bicyclic) bond motifs is 2. The molecule has 0 unspecified atom stereocenters. The minimum atomic E-state index is -1.47. The Morgan fingerprint density at radius 1 is 1.00 bits per heavy atom. The molecule has 2 aromatic rings. The zero-order chi connectivity index (χ0) is 19.2. The fourth-order valence-corrected chi connectivity index (χ4v) is 2.99. The zero-order valence-corrected chi connectivity index (χ0v) is 13.6. The van der Waals surface area contributed by atoms with Crippen LogP contribution in [0.25, 0.3) is 0 Å². The van der Waals surface area contributed by atoms with Gasteiger partial charge in [0.05, 0.1) is 35.8 Å². The first-order valence-corrected chi connectivity index (χ1v) is 7.22. The lowest BCUT2D eigenvalue weighted by Gasteiger charge is -2.21. The second-order valence-corrected chi connectivity index (χ2v) is 5.33. The molecule has 1 N–H and O–H groups in total. The number of ketones is 2. The summed E-state index contributed by atoms with van der Waals surface area (Å²) in [6.45, 7) is 0. The summed E-state index contributed by atoms with van der Waals surface area (Å²) in [5, 5.41) is 20.7. The minimum Gasteiger partial charge on any atom is -0.493 e. The van der Waals surface area contributed by atoms with Gasteiger partial charge >= 0.3 is 5.97 Å². The Labute approximate surface area is 145 Å². The maximum atomic E-state index is 13.0. The molecular formula is C17H11NO8. The van der Waals surface area contributed by atoms with Crippen LogP contribution in [0.3, 0.4) is 0 Å². The van der Waals surface area contributed by atoms with Crippen molar-refractivity contribution in [1.82, 2.24) is 0 Å². The van der Waals surface area contributed by atoms with Crippen molar-refractivity contribution in [2.75, 3.05) is 14.2 Å². The number of nitrogens with zero attached hydrogens (tertiary/aromatic N) is 1. The van der Waals surface area contributed by atoms with Gasteiger partial charge in [-0.3, -0.25) is 19.7 Å². The van der Waals surface area contributed by atoms with Gasteiger partial charge in [-0.05, 0) is 18.2 Å². The highest BCUT2D eigenvalue weighted by molar-refractivity contribution is 6.32. The first-order valence-electron chi connectivity index (χ1n) is 7.22. The third-order valence-corrected chi connectivity index (χ3v) is 4.08. The third-order valence-electron chi connectivity index (χ3n) is 4.08. The van der Waals surface area contributed by atoms with Gasteiger partial charge in [0.2, 0.25) is 5.78 Å². The molecule has 0 radical (unpaired) electrons. The molecule has 1 aliphatic carbocycles. The summed E-state index contributed by atoms with van der Waals surface area (Å²) in [6, 6.07) is 4.53. The molecule has 0 saturated heterocycles. The summed E-state index contributed by atoms with van der Waals surface area (Å²) in [4.78, 5) is 47.9. The minimum absolute atomic E-state index is 0.0518. The van der Waals surface area contributed by atoms with E-state index < -0.39 is 44.8 Å². The molecule has 9 heteroatoms. The first kappa shape index (κ1) is 17.1. The number of methoxy groups -OCH3 is 2. The Morgan fingerprint density at radius 3 is 2.23 bits per heavy atom. The van der Waals surface area contributed by atoms with Crippen LogP contribution in [0, 0.1) is 10.1 Å². The zero-order valence-electron chi connectivity index (χ0n) is 13.6. The topological polar surface area (TPSA) is 133 Å². The van der Waals surface area contributed by atoms with Gasteiger partial charge in [-0.15, -0.1) is 0 Å². The molecule has 2 aromatic carbocycles. The Kier molecular flexibility index (Phi) is 3.91. The highest BCUT2D eigenvalue weighted by atomic mass is 16.6. The standard InChI is InChI=1S/C17H11NO8/c1-25-10-6-4-7-12(16(10)26-2)15(20)13-9(18(23)24)5-3-8(17(21)22)11(13)14(7)19/h3-6H,1-2H3,(H,21,22). The lowest BCUT2D eigenvalue weighted by molar-refractivity contribution is -0.385. The summed E-state index contributed by atoms with van der Waals surface area (Å²) in [6.07, 6.45) is 0. The van der Waals surface area contributed by atoms with Crippen molar-refractivity contribution in [2.24, 2.45) is 0 Å². The van der Waals surface area contributed by atoms with Crippen LogP contribution in [0.2, 0.25) is 0 Å². The molecule has 0 saturated carbocycles. The van der Waals surface area contributed by atoms with Crippen molar-refractivity contribution in [2.45, 2.75) is 0 Å². The number of benzene rings is 2. The summed E-state index contributed by atoms with van der Waals surface area (Å²) in [5.74, 6) is -3.05. The molecular weight excluding hydrogens is 346 g/mol. The van der Waals surface area contributed by atoms with Gasteiger partial charge in [-0.25, -0.2) is 4.79 Å². The molecule has 0 heterocycles. The first-order chi connectivity index (χ1) is 12.3. The lowest BCUT2D eigenvalue weighted by Crippen LogP contribution is -2.26. The van der Waals surface area contributed by atoms with E-state index in [1.165, 1.54) is 26.4 Å². The predicted octanol–water partition coefficient (Wildman–Crippen LogP) is 2.09. The largest absolute Gasteiger partial charge is 0.493 e. The van der Waals surface area contributed by atoms with Gasteiger partial charge in [0.1, 0.15) is 5.56 Å². The highest BCUT2D eigenvalue weighted by Crippen LogP contribution is 2.42. The molecule has 0 atom stereocenters. The number of rotatable bonds is 4. The average molecular weight is 357 g/mol. The Hall–Kier alpha value is -3.75. The lowest BCUT2D eigenvalue weighted by atomic mass is 9.80. The predicted molar refractivity (Wildman–Crippen MR) is 86.5 cm³/mol. The number of nitro groups is 1. The number of carbonyl (C=O) groups excluding carboxylic acids is 2. The van der Waals surface area contributed by atoms with Crippen LogP contribution in [0.1, 0.15) is 42.2 Å². The van der Waals surface area contributed by atoms with E-state index in [1.54, 1.807) is 0 Å². The molecule has 0 spiro atoms. The van der Waals surface area contributed by atoms with Crippen LogP contribution in [-0.4, -0.2) is 41.8 Å². The van der Waals surface area contributed by atoms with Crippen LogP contribution in [0.15, 0.2) is 24.3 Å². The molecule has 0 aromatic heterocycles. The van der Waals surface area contributed by atoms with E-state index in [-0.39, 0.29) is 22.6 Å². The molecule has 0 fully saturated rings. The quantitative estimate of drug-likeness (QED) is 0.554. The molecule has 0 amide bonds. The summed E-state index contributed by atoms with van der Waals surface area (Å²) >= 11 is 0. The van der Waals surface area contributed by atoms with Crippen molar-refractivity contribution in [3.05, 3.63) is 62.2 Å². The maximum Gasteiger partial charge on any atom is 0.336 e. The molecule has 0 bridgehead atoms. The fourth-order valence-electron chi connectivity index (χ4n) is 2.99. The van der Waals surface area contributed by atoms with Crippen LogP contribution in [0.5, 0.6) is 11.5 Å². The molecule has 26 heavy (non-hydrogen) atoms. The SMILES string of the molecule is COc1ccc2c(c1OC)C(=O)c1c([N+](=O)[O-])ccc(C(=O)O)c1C2=O. The summed E-state index contributed by atoms with van der Waals surface area (Å²) in [5.41, 5.74) is -2.52. The van der Waals surface area contributed by atoms with E-state index in [4.69, 9.17) is 9.47 Å². The monoisotopic (exact) mass is 357 g/mol. The number of carbonyl (C=O) groups is 3. The second-order valence-electron chi connectivity index (χ2n) is 5.33. The van der Waals surface area contributed by atoms with E-state index in [0.29, 0.717) is 0 Å². The Balaban J connectivity index is 2.45. The number of carboxylic acid groups (broad SMARTS) is 1. The van der Waals surface area contributed by atoms with E-state index in [0.717, 1.165) is 12.1 Å². The van der Waals surface area contributed by atoms with Gasteiger partial charge < -0.3 is 14.6 Å². The number of hydrogen-bond acceptors (Lipinski definition) is 7. The van der Waals surface area contributed by atoms with Crippen molar-refractivity contribution in [1.29, 1.82) is 0 Å². The van der Waals surface area contributed by atoms with E-state index in [1.807, 2.05) is 0 Å². The molecule has 3 rings (SSSR count). The van der Waals surface area contributed by atoms with Crippen molar-refractivity contribution >= 4 is 23.2 Å². The van der Waals surface area contributed by atoms with Gasteiger partial charge in [-0.2, -0.15) is 0 Å².